The number of likely N-dealkylation sites (N-methyl/N-ethyl adjacent to an activating group) is 1. The largest absolute Gasteiger partial charge is 0.379 e. The zero-order valence-electron chi connectivity index (χ0n) is 11.2. The number of carbonyl (C=O) groups excluding carboxylic acids is 1. The van der Waals surface area contributed by atoms with Crippen molar-refractivity contribution in [3.8, 4) is 0 Å². The molecule has 2 atom stereocenters. The molecule has 0 saturated carbocycles. The van der Waals surface area contributed by atoms with Crippen molar-refractivity contribution in [2.24, 2.45) is 5.92 Å². The van der Waals surface area contributed by atoms with E-state index in [0.717, 1.165) is 0 Å². The van der Waals surface area contributed by atoms with E-state index in [-0.39, 0.29) is 23.5 Å². The Kier molecular flexibility index (Phi) is 5.36. The van der Waals surface area contributed by atoms with E-state index in [1.165, 1.54) is 0 Å². The zero-order valence-corrected chi connectivity index (χ0v) is 11.2. The zero-order chi connectivity index (χ0) is 12.9. The molecule has 1 aliphatic heterocycles. The molecule has 5 heteroatoms. The highest BCUT2D eigenvalue weighted by Crippen LogP contribution is 2.14. The van der Waals surface area contributed by atoms with Crippen LogP contribution in [0.15, 0.2) is 0 Å². The predicted octanol–water partition coefficient (Wildman–Crippen LogP) is 0.152. The fourth-order valence-corrected chi connectivity index (χ4v) is 1.97. The third-order valence-electron chi connectivity index (χ3n) is 3.01. The lowest BCUT2D eigenvalue weighted by atomic mass is 10.0. The molecule has 100 valence electrons. The van der Waals surface area contributed by atoms with E-state index in [9.17, 15) is 4.79 Å². The van der Waals surface area contributed by atoms with Gasteiger partial charge < -0.3 is 20.1 Å². The summed E-state index contributed by atoms with van der Waals surface area (Å²) >= 11 is 0. The first-order valence-corrected chi connectivity index (χ1v) is 6.17. The molecular weight excluding hydrogens is 220 g/mol. The van der Waals surface area contributed by atoms with Crippen LogP contribution in [-0.2, 0) is 14.3 Å². The van der Waals surface area contributed by atoms with Gasteiger partial charge in [0.2, 0.25) is 5.91 Å². The summed E-state index contributed by atoms with van der Waals surface area (Å²) in [6.45, 7) is 8.15. The second-order valence-corrected chi connectivity index (χ2v) is 4.95. The Morgan fingerprint density at radius 1 is 1.47 bits per heavy atom. The van der Waals surface area contributed by atoms with Gasteiger partial charge in [-0.15, -0.1) is 0 Å². The topological polar surface area (TPSA) is 59.6 Å². The summed E-state index contributed by atoms with van der Waals surface area (Å²) in [5.41, 5.74) is -0.320. The van der Waals surface area contributed by atoms with E-state index in [1.54, 1.807) is 0 Å². The molecule has 2 N–H and O–H groups in total. The van der Waals surface area contributed by atoms with Gasteiger partial charge in [-0.2, -0.15) is 0 Å². The van der Waals surface area contributed by atoms with Crippen molar-refractivity contribution in [2.75, 3.05) is 33.4 Å². The van der Waals surface area contributed by atoms with Gasteiger partial charge in [0.1, 0.15) is 0 Å². The molecular formula is C12H24N2O3. The SMILES string of the molecule is CCOC(C)(C)CNC(=O)C1COCC1NC. The highest BCUT2D eigenvalue weighted by Gasteiger charge is 2.33. The maximum Gasteiger partial charge on any atom is 0.227 e. The van der Waals surface area contributed by atoms with Crippen molar-refractivity contribution in [2.45, 2.75) is 32.4 Å². The summed E-state index contributed by atoms with van der Waals surface area (Å²) in [4.78, 5) is 12.0. The van der Waals surface area contributed by atoms with Crippen LogP contribution in [0.5, 0.6) is 0 Å². The van der Waals surface area contributed by atoms with Gasteiger partial charge in [-0.25, -0.2) is 0 Å². The second kappa shape index (κ2) is 6.33. The molecule has 0 spiro atoms. The number of carbonyl (C=O) groups is 1. The van der Waals surface area contributed by atoms with Crippen molar-refractivity contribution in [1.82, 2.24) is 10.6 Å². The maximum absolute atomic E-state index is 12.0. The first-order valence-electron chi connectivity index (χ1n) is 6.17. The normalized spacial score (nSPS) is 24.9. The highest BCUT2D eigenvalue weighted by molar-refractivity contribution is 5.79. The fourth-order valence-electron chi connectivity index (χ4n) is 1.97. The lowest BCUT2D eigenvalue weighted by Crippen LogP contribution is -2.47. The number of hydrogen-bond acceptors (Lipinski definition) is 4. The Hall–Kier alpha value is -0.650. The van der Waals surface area contributed by atoms with Crippen LogP contribution in [0, 0.1) is 5.92 Å². The van der Waals surface area contributed by atoms with Crippen molar-refractivity contribution in [1.29, 1.82) is 0 Å². The number of amides is 1. The molecule has 1 saturated heterocycles. The molecule has 0 aliphatic carbocycles. The van der Waals surface area contributed by atoms with Crippen LogP contribution in [0.1, 0.15) is 20.8 Å². The predicted molar refractivity (Wildman–Crippen MR) is 65.9 cm³/mol. The average Bonchev–Trinajstić information content (AvgIpc) is 2.74. The summed E-state index contributed by atoms with van der Waals surface area (Å²) in [5.74, 6) is -0.0629. The van der Waals surface area contributed by atoms with Crippen molar-refractivity contribution >= 4 is 5.91 Å². The van der Waals surface area contributed by atoms with E-state index >= 15 is 0 Å². The number of nitrogens with one attached hydrogen (secondary N) is 2. The van der Waals surface area contributed by atoms with Gasteiger partial charge in [0.25, 0.3) is 0 Å². The van der Waals surface area contributed by atoms with E-state index < -0.39 is 0 Å². The van der Waals surface area contributed by atoms with Crippen LogP contribution in [0.3, 0.4) is 0 Å². The van der Waals surface area contributed by atoms with Crippen molar-refractivity contribution < 1.29 is 14.3 Å². The number of rotatable bonds is 6. The summed E-state index contributed by atoms with van der Waals surface area (Å²) in [6.07, 6.45) is 0. The van der Waals surface area contributed by atoms with Crippen molar-refractivity contribution in [3.63, 3.8) is 0 Å². The Bertz CT molecular complexity index is 256. The Balaban J connectivity index is 2.39. The second-order valence-electron chi connectivity index (χ2n) is 4.95. The molecule has 2 unspecified atom stereocenters. The first kappa shape index (κ1) is 14.4. The Labute approximate surface area is 103 Å². The van der Waals surface area contributed by atoms with E-state index in [1.807, 2.05) is 27.8 Å². The van der Waals surface area contributed by atoms with E-state index in [0.29, 0.717) is 26.4 Å². The van der Waals surface area contributed by atoms with Crippen molar-refractivity contribution in [3.05, 3.63) is 0 Å². The van der Waals surface area contributed by atoms with Gasteiger partial charge >= 0.3 is 0 Å². The first-order chi connectivity index (χ1) is 8.00. The van der Waals surface area contributed by atoms with Gasteiger partial charge in [0, 0.05) is 19.2 Å². The number of hydrogen-bond donors (Lipinski definition) is 2. The minimum Gasteiger partial charge on any atom is -0.379 e. The van der Waals surface area contributed by atoms with E-state index in [4.69, 9.17) is 9.47 Å². The summed E-state index contributed by atoms with van der Waals surface area (Å²) in [6, 6.07) is 0.116. The Morgan fingerprint density at radius 3 is 2.76 bits per heavy atom. The molecule has 0 aromatic heterocycles. The van der Waals surface area contributed by atoms with Crippen LogP contribution >= 0.6 is 0 Å². The van der Waals surface area contributed by atoms with Gasteiger partial charge in [-0.3, -0.25) is 4.79 Å². The van der Waals surface area contributed by atoms with Crippen LogP contribution in [-0.4, -0.2) is 51.0 Å². The molecule has 0 bridgehead atoms. The summed E-state index contributed by atoms with van der Waals surface area (Å²) in [5, 5.41) is 6.03. The summed E-state index contributed by atoms with van der Waals surface area (Å²) < 4.78 is 10.8. The molecule has 17 heavy (non-hydrogen) atoms. The third kappa shape index (κ3) is 4.26. The highest BCUT2D eigenvalue weighted by atomic mass is 16.5. The molecule has 1 rings (SSSR count). The molecule has 0 radical (unpaired) electrons. The molecule has 1 fully saturated rings. The minimum absolute atomic E-state index is 0.0367. The molecule has 1 heterocycles. The van der Waals surface area contributed by atoms with Crippen LogP contribution in [0.25, 0.3) is 0 Å². The van der Waals surface area contributed by atoms with Gasteiger partial charge in [0.05, 0.1) is 24.7 Å². The maximum atomic E-state index is 12.0. The fraction of sp³-hybridized carbons (Fsp3) is 0.917. The molecule has 1 aliphatic rings. The smallest absolute Gasteiger partial charge is 0.227 e. The lowest BCUT2D eigenvalue weighted by molar-refractivity contribution is -0.127. The summed E-state index contributed by atoms with van der Waals surface area (Å²) in [7, 11) is 1.85. The third-order valence-corrected chi connectivity index (χ3v) is 3.01. The van der Waals surface area contributed by atoms with Gasteiger partial charge in [0.15, 0.2) is 0 Å². The number of ether oxygens (including phenoxy) is 2. The molecule has 0 aromatic carbocycles. The van der Waals surface area contributed by atoms with Gasteiger partial charge in [-0.05, 0) is 27.8 Å². The monoisotopic (exact) mass is 244 g/mol. The van der Waals surface area contributed by atoms with Crippen LogP contribution in [0.2, 0.25) is 0 Å². The quantitative estimate of drug-likeness (QED) is 0.698. The Morgan fingerprint density at radius 2 is 2.18 bits per heavy atom. The molecule has 5 nitrogen and oxygen atoms in total. The lowest BCUT2D eigenvalue weighted by Gasteiger charge is -2.26. The van der Waals surface area contributed by atoms with Crippen LogP contribution < -0.4 is 10.6 Å². The van der Waals surface area contributed by atoms with E-state index in [2.05, 4.69) is 10.6 Å². The average molecular weight is 244 g/mol. The molecule has 1 amide bonds. The molecule has 0 aromatic rings. The minimum atomic E-state index is -0.320. The standard InChI is InChI=1S/C12H24N2O3/c1-5-17-12(2,3)8-14-11(15)9-6-16-7-10(9)13-4/h9-10,13H,5-8H2,1-4H3,(H,14,15). The van der Waals surface area contributed by atoms with Crippen LogP contribution in [0.4, 0.5) is 0 Å². The van der Waals surface area contributed by atoms with Gasteiger partial charge in [-0.1, -0.05) is 0 Å².